The minimum Gasteiger partial charge on any atom is -0.462 e. The van der Waals surface area contributed by atoms with Crippen LogP contribution >= 0.6 is 0 Å². The largest absolute Gasteiger partial charge is 0.462 e. The molecule has 0 bridgehead atoms. The van der Waals surface area contributed by atoms with Crippen molar-refractivity contribution in [1.29, 1.82) is 0 Å². The molecule has 0 spiro atoms. The topological polar surface area (TPSA) is 78.9 Å². The molecule has 0 aliphatic rings. The number of unbranched alkanes of at least 4 members (excludes halogenated alkanes) is 30. The lowest BCUT2D eigenvalue weighted by Gasteiger charge is -2.18. The van der Waals surface area contributed by atoms with Crippen LogP contribution in [-0.2, 0) is 28.6 Å². The second kappa shape index (κ2) is 62.9. The van der Waals surface area contributed by atoms with E-state index in [1.165, 1.54) is 148 Å². The van der Waals surface area contributed by atoms with Gasteiger partial charge in [0.2, 0.25) is 0 Å². The van der Waals surface area contributed by atoms with Gasteiger partial charge in [0.1, 0.15) is 13.2 Å². The number of rotatable bonds is 57. The fraction of sp³-hybridized carbons (Fsp3) is 0.725. The van der Waals surface area contributed by atoms with Crippen LogP contribution in [0.25, 0.3) is 0 Å². The monoisotopic (exact) mass is 1040 g/mol. The fourth-order valence-electron chi connectivity index (χ4n) is 8.83. The van der Waals surface area contributed by atoms with E-state index in [-0.39, 0.29) is 31.1 Å². The first-order valence-corrected chi connectivity index (χ1v) is 31.7. The third-order valence-electron chi connectivity index (χ3n) is 13.6. The Bertz CT molecular complexity index is 1480. The van der Waals surface area contributed by atoms with E-state index in [1.54, 1.807) is 0 Å². The van der Waals surface area contributed by atoms with Crippen LogP contribution < -0.4 is 0 Å². The van der Waals surface area contributed by atoms with E-state index in [0.29, 0.717) is 19.3 Å². The number of hydrogen-bond acceptors (Lipinski definition) is 6. The molecular weight excluding hydrogens is 925 g/mol. The van der Waals surface area contributed by atoms with Crippen molar-refractivity contribution < 1.29 is 28.6 Å². The number of ether oxygens (including phenoxy) is 3. The van der Waals surface area contributed by atoms with E-state index in [4.69, 9.17) is 14.2 Å². The third kappa shape index (κ3) is 61.1. The summed E-state index contributed by atoms with van der Waals surface area (Å²) >= 11 is 0. The molecule has 0 aliphatic heterocycles. The highest BCUT2D eigenvalue weighted by Crippen LogP contribution is 2.16. The Morgan fingerprint density at radius 3 is 0.827 bits per heavy atom. The molecule has 430 valence electrons. The van der Waals surface area contributed by atoms with Crippen molar-refractivity contribution in [3.05, 3.63) is 97.2 Å². The molecule has 1 atom stereocenters. The number of carbonyl (C=O) groups excluding carboxylic acids is 3. The molecule has 0 aromatic heterocycles. The Hall–Kier alpha value is -3.67. The second-order valence-electron chi connectivity index (χ2n) is 20.9. The summed E-state index contributed by atoms with van der Waals surface area (Å²) in [7, 11) is 0. The van der Waals surface area contributed by atoms with E-state index < -0.39 is 6.10 Å². The molecule has 0 saturated heterocycles. The van der Waals surface area contributed by atoms with Gasteiger partial charge in [-0.25, -0.2) is 0 Å². The van der Waals surface area contributed by atoms with E-state index in [9.17, 15) is 14.4 Å². The molecule has 0 saturated carbocycles. The molecule has 0 rings (SSSR count). The van der Waals surface area contributed by atoms with Gasteiger partial charge in [-0.2, -0.15) is 0 Å². The zero-order chi connectivity index (χ0) is 54.3. The Kier molecular flexibility index (Phi) is 59.8. The van der Waals surface area contributed by atoms with Crippen molar-refractivity contribution in [3.8, 4) is 0 Å². The summed E-state index contributed by atoms with van der Waals surface area (Å²) in [6.07, 6.45) is 84.5. The summed E-state index contributed by atoms with van der Waals surface area (Å²) in [5, 5.41) is 0. The minimum atomic E-state index is -0.777. The van der Waals surface area contributed by atoms with E-state index >= 15 is 0 Å². The zero-order valence-electron chi connectivity index (χ0n) is 49.3. The molecule has 0 radical (unpaired) electrons. The van der Waals surface area contributed by atoms with E-state index in [2.05, 4.69) is 118 Å². The van der Waals surface area contributed by atoms with Gasteiger partial charge in [0.25, 0.3) is 0 Å². The smallest absolute Gasteiger partial charge is 0.306 e. The number of hydrogen-bond donors (Lipinski definition) is 0. The highest BCUT2D eigenvalue weighted by Gasteiger charge is 2.19. The Balaban J connectivity index is 4.04. The van der Waals surface area contributed by atoms with Gasteiger partial charge in [-0.3, -0.25) is 14.4 Å². The molecule has 0 amide bonds. The lowest BCUT2D eigenvalue weighted by atomic mass is 10.0. The first kappa shape index (κ1) is 71.3. The summed E-state index contributed by atoms with van der Waals surface area (Å²) in [4.78, 5) is 38.0. The molecule has 0 aromatic carbocycles. The van der Waals surface area contributed by atoms with Crippen molar-refractivity contribution in [2.75, 3.05) is 13.2 Å². The van der Waals surface area contributed by atoms with E-state index in [1.807, 2.05) is 0 Å². The summed E-state index contributed by atoms with van der Waals surface area (Å²) in [6.45, 7) is 6.49. The van der Waals surface area contributed by atoms with Gasteiger partial charge in [-0.1, -0.05) is 279 Å². The average Bonchev–Trinajstić information content (AvgIpc) is 3.41. The molecule has 1 unspecified atom stereocenters. The maximum absolute atomic E-state index is 12.8. The predicted molar refractivity (Wildman–Crippen MR) is 325 cm³/mol. The van der Waals surface area contributed by atoms with Crippen molar-refractivity contribution in [2.24, 2.45) is 0 Å². The van der Waals surface area contributed by atoms with Gasteiger partial charge in [-0.15, -0.1) is 0 Å². The summed E-state index contributed by atoms with van der Waals surface area (Å²) in [5.41, 5.74) is 0. The van der Waals surface area contributed by atoms with Crippen LogP contribution in [0.3, 0.4) is 0 Å². The third-order valence-corrected chi connectivity index (χ3v) is 13.6. The van der Waals surface area contributed by atoms with Gasteiger partial charge in [0.15, 0.2) is 6.10 Å². The molecule has 0 aromatic rings. The highest BCUT2D eigenvalue weighted by atomic mass is 16.6. The first-order valence-electron chi connectivity index (χ1n) is 31.7. The standard InChI is InChI=1S/C69H118O6/c1-4-7-10-13-16-18-20-22-24-25-26-27-28-29-30-31-32-33-34-35-36-37-38-39-40-41-42-43-45-46-48-50-53-56-59-62-68(71)74-65-66(64-73-67(70)61-58-55-52-15-12-9-6-3)75-69(72)63-60-57-54-51-49-47-44-23-21-19-17-14-11-8-5-2/h7,10,16,18,22-24,26-27,29-30,32-33,35-36,44,66H,4-6,8-9,11-15,17,19-21,25,28,31,34,37-43,45-65H2,1-3H3/b10-7-,18-16-,24-22-,27-26-,30-29-,33-32-,36-35-,44-23-. The fourth-order valence-corrected chi connectivity index (χ4v) is 8.83. The molecule has 6 nitrogen and oxygen atoms in total. The van der Waals surface area contributed by atoms with Gasteiger partial charge >= 0.3 is 17.9 Å². The molecule has 6 heteroatoms. The average molecular weight is 1040 g/mol. The Labute approximate surface area is 464 Å². The number of allylic oxidation sites excluding steroid dienone is 16. The summed E-state index contributed by atoms with van der Waals surface area (Å²) in [6, 6.07) is 0. The Morgan fingerprint density at radius 2 is 0.520 bits per heavy atom. The molecule has 0 N–H and O–H groups in total. The number of esters is 3. The van der Waals surface area contributed by atoms with Gasteiger partial charge in [0.05, 0.1) is 0 Å². The predicted octanol–water partition coefficient (Wildman–Crippen LogP) is 21.7. The van der Waals surface area contributed by atoms with Crippen molar-refractivity contribution in [2.45, 2.75) is 309 Å². The zero-order valence-corrected chi connectivity index (χ0v) is 49.3. The molecule has 0 aliphatic carbocycles. The van der Waals surface area contributed by atoms with Gasteiger partial charge < -0.3 is 14.2 Å². The van der Waals surface area contributed by atoms with Crippen LogP contribution in [0.1, 0.15) is 303 Å². The number of carbonyl (C=O) groups is 3. The quantitative estimate of drug-likeness (QED) is 0.0261. The molecule has 0 fully saturated rings. The van der Waals surface area contributed by atoms with Crippen LogP contribution in [0.5, 0.6) is 0 Å². The SMILES string of the molecule is CC/C=C\C/C=C\C/C=C\C/C=C\C/C=C\C/C=C\C/C=C\CCCCCCCCCCCCCCCC(=O)OCC(COC(=O)CCCCCCCCC)OC(=O)CCCCCCC/C=C\CCCCCCCC. The van der Waals surface area contributed by atoms with Crippen LogP contribution in [0.15, 0.2) is 97.2 Å². The highest BCUT2D eigenvalue weighted by molar-refractivity contribution is 5.71. The van der Waals surface area contributed by atoms with E-state index in [0.717, 1.165) is 116 Å². The molecule has 75 heavy (non-hydrogen) atoms. The van der Waals surface area contributed by atoms with Gasteiger partial charge in [0, 0.05) is 19.3 Å². The first-order chi connectivity index (χ1) is 37.0. The van der Waals surface area contributed by atoms with Crippen molar-refractivity contribution in [1.82, 2.24) is 0 Å². The molecular formula is C69H118O6. The van der Waals surface area contributed by atoms with Crippen LogP contribution in [0.4, 0.5) is 0 Å². The maximum Gasteiger partial charge on any atom is 0.306 e. The lowest BCUT2D eigenvalue weighted by molar-refractivity contribution is -0.167. The molecule has 0 heterocycles. The normalized spacial score (nSPS) is 12.7. The second-order valence-corrected chi connectivity index (χ2v) is 20.9. The van der Waals surface area contributed by atoms with Crippen LogP contribution in [0.2, 0.25) is 0 Å². The van der Waals surface area contributed by atoms with Gasteiger partial charge in [-0.05, 0) is 103 Å². The minimum absolute atomic E-state index is 0.0775. The van der Waals surface area contributed by atoms with Crippen LogP contribution in [-0.4, -0.2) is 37.2 Å². The van der Waals surface area contributed by atoms with Crippen molar-refractivity contribution in [3.63, 3.8) is 0 Å². The van der Waals surface area contributed by atoms with Crippen molar-refractivity contribution >= 4 is 17.9 Å². The summed E-state index contributed by atoms with van der Waals surface area (Å²) < 4.78 is 16.8. The maximum atomic E-state index is 12.8. The van der Waals surface area contributed by atoms with Crippen LogP contribution in [0, 0.1) is 0 Å². The Morgan fingerprint density at radius 1 is 0.280 bits per heavy atom. The summed E-state index contributed by atoms with van der Waals surface area (Å²) in [5.74, 6) is -0.886. The lowest BCUT2D eigenvalue weighted by Crippen LogP contribution is -2.30.